The van der Waals surface area contributed by atoms with Gasteiger partial charge in [0, 0.05) is 42.7 Å². The van der Waals surface area contributed by atoms with Gasteiger partial charge in [0.15, 0.2) is 11.2 Å². The first-order chi connectivity index (χ1) is 16.0. The van der Waals surface area contributed by atoms with E-state index in [4.69, 9.17) is 4.74 Å². The van der Waals surface area contributed by atoms with Crippen molar-refractivity contribution < 1.29 is 32.3 Å². The topological polar surface area (TPSA) is 113 Å². The maximum Gasteiger partial charge on any atom is 0.416 e. The number of thiazole rings is 1. The number of ether oxygens (including phenoxy) is 1. The maximum atomic E-state index is 13.0. The van der Waals surface area contributed by atoms with Crippen LogP contribution in [-0.2, 0) is 25.5 Å². The van der Waals surface area contributed by atoms with Crippen LogP contribution in [0.15, 0.2) is 24.3 Å². The highest BCUT2D eigenvalue weighted by atomic mass is 32.1. The summed E-state index contributed by atoms with van der Waals surface area (Å²) in [4.78, 5) is 42.1. The molecule has 0 bridgehead atoms. The summed E-state index contributed by atoms with van der Waals surface area (Å²) in [5.41, 5.74) is 1.48. The van der Waals surface area contributed by atoms with Crippen molar-refractivity contribution in [3.05, 3.63) is 34.8 Å². The van der Waals surface area contributed by atoms with Gasteiger partial charge in [-0.3, -0.25) is 14.4 Å². The number of nitrogens with one attached hydrogen (secondary N) is 3. The van der Waals surface area contributed by atoms with Crippen molar-refractivity contribution in [2.45, 2.75) is 32.5 Å². The zero-order valence-corrected chi connectivity index (χ0v) is 19.3. The fourth-order valence-corrected chi connectivity index (χ4v) is 4.33. The summed E-state index contributed by atoms with van der Waals surface area (Å²) in [5, 5.41) is 8.02. The molecule has 3 rings (SSSR count). The summed E-state index contributed by atoms with van der Waals surface area (Å²) >= 11 is 1.25. The lowest BCUT2D eigenvalue weighted by Gasteiger charge is -2.33. The number of nitrogens with zero attached hydrogens (tertiary/aromatic N) is 2. The molecule has 1 atom stereocenters. The van der Waals surface area contributed by atoms with Crippen molar-refractivity contribution in [3.63, 3.8) is 0 Å². The highest BCUT2D eigenvalue weighted by molar-refractivity contribution is 7.15. The van der Waals surface area contributed by atoms with Gasteiger partial charge in [0.2, 0.25) is 5.91 Å². The molecule has 1 fully saturated rings. The van der Waals surface area contributed by atoms with E-state index < -0.39 is 24.1 Å². The van der Waals surface area contributed by atoms with Crippen LogP contribution in [0, 0.1) is 6.92 Å². The summed E-state index contributed by atoms with van der Waals surface area (Å²) in [6.45, 7) is 3.18. The molecule has 1 aromatic heterocycles. The Morgan fingerprint density at radius 3 is 2.59 bits per heavy atom. The summed E-state index contributed by atoms with van der Waals surface area (Å²) < 4.78 is 43.7. The second kappa shape index (κ2) is 10.8. The van der Waals surface area contributed by atoms with Gasteiger partial charge in [-0.25, -0.2) is 4.98 Å². The van der Waals surface area contributed by atoms with Gasteiger partial charge in [-0.1, -0.05) is 6.07 Å². The van der Waals surface area contributed by atoms with E-state index in [-0.39, 0.29) is 25.6 Å². The number of amides is 3. The normalized spacial score (nSPS) is 16.1. The van der Waals surface area contributed by atoms with Crippen molar-refractivity contribution in [1.82, 2.24) is 10.3 Å². The van der Waals surface area contributed by atoms with E-state index in [1.54, 1.807) is 30.0 Å². The predicted molar refractivity (Wildman–Crippen MR) is 121 cm³/mol. The van der Waals surface area contributed by atoms with Crippen LogP contribution in [-0.4, -0.2) is 61.2 Å². The number of halogens is 3. The number of carbonyl (C=O) groups excluding carboxylic acids is 3. The van der Waals surface area contributed by atoms with Crippen LogP contribution < -0.4 is 20.9 Å². The van der Waals surface area contributed by atoms with Gasteiger partial charge in [0.25, 0.3) is 0 Å². The fraction of sp³-hybridized carbons (Fsp3) is 0.429. The minimum atomic E-state index is -4.44. The number of morpholine rings is 1. The molecule has 1 aliphatic heterocycles. The van der Waals surface area contributed by atoms with Crippen LogP contribution in [0.5, 0.6) is 0 Å². The molecule has 1 aliphatic rings. The summed E-state index contributed by atoms with van der Waals surface area (Å²) in [6.07, 6.45) is -5.93. The zero-order valence-electron chi connectivity index (χ0n) is 18.5. The molecule has 0 radical (unpaired) electrons. The first-order valence-electron chi connectivity index (χ1n) is 10.4. The number of carbonyl (C=O) groups is 3. The van der Waals surface area contributed by atoms with Crippen molar-refractivity contribution in [3.8, 4) is 0 Å². The number of aromatic nitrogens is 1. The molecule has 0 aliphatic carbocycles. The Morgan fingerprint density at radius 1 is 1.21 bits per heavy atom. The maximum absolute atomic E-state index is 13.0. The molecule has 9 nitrogen and oxygen atoms in total. The van der Waals surface area contributed by atoms with Gasteiger partial charge < -0.3 is 25.6 Å². The van der Waals surface area contributed by atoms with E-state index in [1.807, 2.05) is 0 Å². The van der Waals surface area contributed by atoms with Crippen LogP contribution in [0.4, 0.5) is 29.7 Å². The Bertz CT molecular complexity index is 1060. The molecule has 1 saturated heterocycles. The quantitative estimate of drug-likeness (QED) is 0.527. The number of alkyl halides is 3. The lowest BCUT2D eigenvalue weighted by atomic mass is 10.2. The Balaban J connectivity index is 1.50. The Hall–Kier alpha value is -3.19. The minimum absolute atomic E-state index is 0.0446. The van der Waals surface area contributed by atoms with E-state index in [0.717, 1.165) is 4.88 Å². The fourth-order valence-electron chi connectivity index (χ4n) is 3.24. The average molecular weight is 500 g/mol. The van der Waals surface area contributed by atoms with E-state index in [1.165, 1.54) is 24.3 Å². The van der Waals surface area contributed by atoms with Crippen molar-refractivity contribution >= 4 is 45.6 Å². The number of aryl methyl sites for hydroxylation is 1. The predicted octanol–water partition coefficient (Wildman–Crippen LogP) is 2.47. The Morgan fingerprint density at radius 2 is 1.91 bits per heavy atom. The molecule has 3 N–H and O–H groups in total. The number of rotatable bonds is 6. The Labute approximate surface area is 197 Å². The van der Waals surface area contributed by atoms with Gasteiger partial charge in [0.1, 0.15) is 0 Å². The van der Waals surface area contributed by atoms with Gasteiger partial charge in [0.05, 0.1) is 18.8 Å². The van der Waals surface area contributed by atoms with Crippen molar-refractivity contribution in [2.24, 2.45) is 0 Å². The summed E-state index contributed by atoms with van der Waals surface area (Å²) in [5.74, 6) is -1.97. The first-order valence-corrected chi connectivity index (χ1v) is 11.2. The molecule has 184 valence electrons. The largest absolute Gasteiger partial charge is 0.416 e. The van der Waals surface area contributed by atoms with Crippen LogP contribution in [0.2, 0.25) is 0 Å². The van der Waals surface area contributed by atoms with Gasteiger partial charge >= 0.3 is 18.0 Å². The third kappa shape index (κ3) is 6.90. The molecule has 2 aromatic rings. The Kier molecular flexibility index (Phi) is 8.10. The number of hydrogen-bond acceptors (Lipinski definition) is 7. The van der Waals surface area contributed by atoms with Crippen LogP contribution >= 0.6 is 11.3 Å². The molecular formula is C21H24F3N5O4S. The van der Waals surface area contributed by atoms with Gasteiger partial charge in [-0.2, -0.15) is 13.2 Å². The number of anilines is 3. The molecule has 0 spiro atoms. The lowest BCUT2D eigenvalue weighted by Crippen LogP contribution is -2.49. The van der Waals surface area contributed by atoms with E-state index in [9.17, 15) is 27.6 Å². The third-order valence-electron chi connectivity index (χ3n) is 4.87. The second-order valence-electron chi connectivity index (χ2n) is 7.57. The summed E-state index contributed by atoms with van der Waals surface area (Å²) in [7, 11) is 0. The van der Waals surface area contributed by atoms with E-state index >= 15 is 0 Å². The molecule has 0 unspecified atom stereocenters. The minimum Gasteiger partial charge on any atom is -0.365 e. The molecular weight excluding hydrogens is 475 g/mol. The smallest absolute Gasteiger partial charge is 0.365 e. The second-order valence-corrected chi connectivity index (χ2v) is 8.64. The molecule has 3 amide bonds. The molecule has 13 heteroatoms. The van der Waals surface area contributed by atoms with Crippen molar-refractivity contribution in [1.29, 1.82) is 0 Å². The number of hydrogen-bond donors (Lipinski definition) is 3. The van der Waals surface area contributed by atoms with Crippen LogP contribution in [0.3, 0.4) is 0 Å². The van der Waals surface area contributed by atoms with Crippen LogP contribution in [0.25, 0.3) is 0 Å². The standard InChI is InChI=1S/C21H24F3N5O4S/c1-12-16(34-20(26-12)29-8-9-33-17(11-29)21(22,23)24)6-7-25-18(31)19(32)28-15-5-3-4-14(10-15)27-13(2)30/h3-5,10,17H,6-9,11H2,1-2H3,(H,25,31)(H,27,30)(H,28,32)/t17-/m0/s1. The SMILES string of the molecule is CC(=O)Nc1cccc(NC(=O)C(=O)NCCc2sc(N3CCO[C@H](C(F)(F)F)C3)nc2C)c1. The molecule has 1 aromatic carbocycles. The first kappa shape index (κ1) is 25.4. The molecule has 34 heavy (non-hydrogen) atoms. The summed E-state index contributed by atoms with van der Waals surface area (Å²) in [6, 6.07) is 6.36. The van der Waals surface area contributed by atoms with Crippen molar-refractivity contribution in [2.75, 3.05) is 41.8 Å². The number of benzene rings is 1. The van der Waals surface area contributed by atoms with Crippen LogP contribution in [0.1, 0.15) is 17.5 Å². The highest BCUT2D eigenvalue weighted by Gasteiger charge is 2.43. The molecule has 0 saturated carbocycles. The zero-order chi connectivity index (χ0) is 24.9. The van der Waals surface area contributed by atoms with Gasteiger partial charge in [-0.15, -0.1) is 11.3 Å². The lowest BCUT2D eigenvalue weighted by molar-refractivity contribution is -0.221. The van der Waals surface area contributed by atoms with E-state index in [0.29, 0.717) is 35.2 Å². The van der Waals surface area contributed by atoms with E-state index in [2.05, 4.69) is 20.9 Å². The molecule has 2 heterocycles. The monoisotopic (exact) mass is 499 g/mol. The highest BCUT2D eigenvalue weighted by Crippen LogP contribution is 2.31. The van der Waals surface area contributed by atoms with Gasteiger partial charge in [-0.05, 0) is 25.1 Å². The average Bonchev–Trinajstić information content (AvgIpc) is 3.13. The third-order valence-corrected chi connectivity index (χ3v) is 6.15.